The van der Waals surface area contributed by atoms with E-state index in [-0.39, 0.29) is 17.2 Å². The van der Waals surface area contributed by atoms with Gasteiger partial charge in [0.25, 0.3) is 5.91 Å². The minimum Gasteiger partial charge on any atom is -0.476 e. The molecule has 0 N–H and O–H groups in total. The van der Waals surface area contributed by atoms with Crippen LogP contribution >= 0.6 is 0 Å². The second-order valence-corrected chi connectivity index (χ2v) is 7.85. The number of carbonyl (C=O) groups excluding carboxylic acids is 1. The summed E-state index contributed by atoms with van der Waals surface area (Å²) in [6.07, 6.45) is 9.15. The van der Waals surface area contributed by atoms with Crippen LogP contribution in [0.1, 0.15) is 38.5 Å². The third-order valence-corrected chi connectivity index (χ3v) is 6.48. The predicted octanol–water partition coefficient (Wildman–Crippen LogP) is 2.39. The maximum absolute atomic E-state index is 14.5. The molecule has 1 atom stereocenters. The molecular formula is C19H26FN3O3. The van der Waals surface area contributed by atoms with Gasteiger partial charge in [0.15, 0.2) is 5.67 Å². The van der Waals surface area contributed by atoms with Crippen LogP contribution in [0.5, 0.6) is 5.88 Å². The number of halogens is 1. The molecule has 1 aromatic rings. The molecule has 0 radical (unpaired) electrons. The Morgan fingerprint density at radius 3 is 2.73 bits per heavy atom. The van der Waals surface area contributed by atoms with E-state index >= 15 is 0 Å². The van der Waals surface area contributed by atoms with E-state index in [1.165, 1.54) is 0 Å². The Morgan fingerprint density at radius 2 is 2.08 bits per heavy atom. The largest absolute Gasteiger partial charge is 0.476 e. The van der Waals surface area contributed by atoms with Crippen LogP contribution in [-0.2, 0) is 9.53 Å². The molecule has 1 saturated carbocycles. The lowest BCUT2D eigenvalue weighted by Gasteiger charge is -2.50. The highest BCUT2D eigenvalue weighted by Gasteiger charge is 2.50. The maximum Gasteiger partial charge on any atom is 0.260 e. The molecule has 142 valence electrons. The van der Waals surface area contributed by atoms with Crippen molar-refractivity contribution in [3.8, 4) is 5.88 Å². The van der Waals surface area contributed by atoms with E-state index < -0.39 is 5.67 Å². The molecule has 2 aliphatic heterocycles. The SMILES string of the molecule is O=C(N1CCC2(CCOCC2COc2cnccn2)CC1)C1(F)CCC1. The number of aromatic nitrogens is 2. The fourth-order valence-corrected chi connectivity index (χ4v) is 4.45. The van der Waals surface area contributed by atoms with Gasteiger partial charge in [-0.15, -0.1) is 0 Å². The van der Waals surface area contributed by atoms with Crippen LogP contribution in [-0.4, -0.2) is 59.4 Å². The fourth-order valence-electron chi connectivity index (χ4n) is 4.45. The summed E-state index contributed by atoms with van der Waals surface area (Å²) in [6.45, 7) is 3.18. The van der Waals surface area contributed by atoms with Crippen molar-refractivity contribution in [2.75, 3.05) is 32.9 Å². The Labute approximate surface area is 153 Å². The third-order valence-electron chi connectivity index (χ3n) is 6.48. The highest BCUT2D eigenvalue weighted by molar-refractivity contribution is 5.86. The summed E-state index contributed by atoms with van der Waals surface area (Å²) in [5.74, 6) is 0.474. The number of amides is 1. The first-order chi connectivity index (χ1) is 12.6. The number of piperidine rings is 1. The van der Waals surface area contributed by atoms with Gasteiger partial charge in [0, 0.05) is 38.0 Å². The lowest BCUT2D eigenvalue weighted by molar-refractivity contribution is -0.155. The first-order valence-electron chi connectivity index (χ1n) is 9.56. The number of hydrogen-bond acceptors (Lipinski definition) is 5. The number of likely N-dealkylation sites (tertiary alicyclic amines) is 1. The summed E-state index contributed by atoms with van der Waals surface area (Å²) >= 11 is 0. The lowest BCUT2D eigenvalue weighted by Crippen LogP contribution is -2.56. The van der Waals surface area contributed by atoms with Crippen molar-refractivity contribution < 1.29 is 18.7 Å². The van der Waals surface area contributed by atoms with Gasteiger partial charge >= 0.3 is 0 Å². The third kappa shape index (κ3) is 3.29. The van der Waals surface area contributed by atoms with Crippen LogP contribution in [0.3, 0.4) is 0 Å². The molecule has 4 rings (SSSR count). The first kappa shape index (κ1) is 17.6. The molecule has 3 aliphatic rings. The standard InChI is InChI=1S/C19H26FN3O3/c20-19(2-1-3-19)17(24)23-9-4-18(5-10-23)6-11-25-13-15(18)14-26-16-12-21-7-8-22-16/h7-8,12,15H,1-6,9-11,13-14H2. The zero-order chi connectivity index (χ0) is 18.0. The second kappa shape index (κ2) is 7.10. The molecule has 1 amide bonds. The van der Waals surface area contributed by atoms with Crippen molar-refractivity contribution in [1.82, 2.24) is 14.9 Å². The molecule has 26 heavy (non-hydrogen) atoms. The first-order valence-corrected chi connectivity index (χ1v) is 9.56. The van der Waals surface area contributed by atoms with Crippen LogP contribution in [0.4, 0.5) is 4.39 Å². The molecule has 1 aliphatic carbocycles. The molecule has 3 fully saturated rings. The molecule has 0 bridgehead atoms. The number of ether oxygens (including phenoxy) is 2. The monoisotopic (exact) mass is 363 g/mol. The number of nitrogens with zero attached hydrogens (tertiary/aromatic N) is 3. The zero-order valence-electron chi connectivity index (χ0n) is 15.0. The summed E-state index contributed by atoms with van der Waals surface area (Å²) < 4.78 is 26.0. The van der Waals surface area contributed by atoms with Crippen molar-refractivity contribution >= 4 is 5.91 Å². The number of alkyl halides is 1. The highest BCUT2D eigenvalue weighted by Crippen LogP contribution is 2.46. The molecule has 1 unspecified atom stereocenters. The fraction of sp³-hybridized carbons (Fsp3) is 0.737. The van der Waals surface area contributed by atoms with E-state index in [0.29, 0.717) is 45.0 Å². The minimum absolute atomic E-state index is 0.0975. The van der Waals surface area contributed by atoms with Crippen molar-refractivity contribution in [2.24, 2.45) is 11.3 Å². The van der Waals surface area contributed by atoms with Gasteiger partial charge in [-0.3, -0.25) is 9.78 Å². The average molecular weight is 363 g/mol. The molecule has 1 spiro atoms. The van der Waals surface area contributed by atoms with Crippen molar-refractivity contribution in [2.45, 2.75) is 44.2 Å². The van der Waals surface area contributed by atoms with E-state index in [4.69, 9.17) is 9.47 Å². The summed E-state index contributed by atoms with van der Waals surface area (Å²) in [4.78, 5) is 22.4. The van der Waals surface area contributed by atoms with Gasteiger partial charge in [0.05, 0.1) is 19.4 Å². The van der Waals surface area contributed by atoms with Gasteiger partial charge in [0.1, 0.15) is 0 Å². The normalized spacial score (nSPS) is 27.0. The van der Waals surface area contributed by atoms with E-state index in [1.54, 1.807) is 23.5 Å². The Hall–Kier alpha value is -1.76. The summed E-state index contributed by atoms with van der Waals surface area (Å²) in [5.41, 5.74) is -1.49. The van der Waals surface area contributed by atoms with E-state index in [2.05, 4.69) is 9.97 Å². The summed E-state index contributed by atoms with van der Waals surface area (Å²) in [5, 5.41) is 0. The van der Waals surface area contributed by atoms with Gasteiger partial charge in [0.2, 0.25) is 5.88 Å². The van der Waals surface area contributed by atoms with Crippen LogP contribution < -0.4 is 4.74 Å². The second-order valence-electron chi connectivity index (χ2n) is 7.85. The highest BCUT2D eigenvalue weighted by atomic mass is 19.1. The Bertz CT molecular complexity index is 630. The van der Waals surface area contributed by atoms with E-state index in [1.807, 2.05) is 0 Å². The van der Waals surface area contributed by atoms with Gasteiger partial charge in [-0.1, -0.05) is 0 Å². The van der Waals surface area contributed by atoms with Crippen molar-refractivity contribution in [3.05, 3.63) is 18.6 Å². The van der Waals surface area contributed by atoms with Gasteiger partial charge < -0.3 is 14.4 Å². The van der Waals surface area contributed by atoms with E-state index in [9.17, 15) is 9.18 Å². The zero-order valence-corrected chi connectivity index (χ0v) is 15.0. The van der Waals surface area contributed by atoms with Gasteiger partial charge in [-0.2, -0.15) is 0 Å². The minimum atomic E-state index is -1.59. The molecule has 2 saturated heterocycles. The molecular weight excluding hydrogens is 337 g/mol. The lowest BCUT2D eigenvalue weighted by atomic mass is 9.66. The molecule has 3 heterocycles. The number of carbonyl (C=O) groups is 1. The average Bonchev–Trinajstić information content (AvgIpc) is 2.66. The molecule has 6 nitrogen and oxygen atoms in total. The van der Waals surface area contributed by atoms with Gasteiger partial charge in [-0.05, 0) is 43.9 Å². The molecule has 1 aromatic heterocycles. The van der Waals surface area contributed by atoms with Crippen LogP contribution in [0.25, 0.3) is 0 Å². The predicted molar refractivity (Wildman–Crippen MR) is 92.4 cm³/mol. The Kier molecular flexibility index (Phi) is 4.82. The number of hydrogen-bond donors (Lipinski definition) is 0. The Morgan fingerprint density at radius 1 is 1.27 bits per heavy atom. The number of rotatable bonds is 4. The summed E-state index contributed by atoms with van der Waals surface area (Å²) in [6, 6.07) is 0. The smallest absolute Gasteiger partial charge is 0.260 e. The van der Waals surface area contributed by atoms with Crippen molar-refractivity contribution in [1.29, 1.82) is 0 Å². The van der Waals surface area contributed by atoms with Gasteiger partial charge in [-0.25, -0.2) is 9.37 Å². The quantitative estimate of drug-likeness (QED) is 0.822. The molecule has 7 heteroatoms. The topological polar surface area (TPSA) is 64.6 Å². The van der Waals surface area contributed by atoms with Crippen molar-refractivity contribution in [3.63, 3.8) is 0 Å². The van der Waals surface area contributed by atoms with E-state index in [0.717, 1.165) is 32.3 Å². The Balaban J connectivity index is 1.37. The summed E-state index contributed by atoms with van der Waals surface area (Å²) in [7, 11) is 0. The van der Waals surface area contributed by atoms with Crippen LogP contribution in [0, 0.1) is 11.3 Å². The van der Waals surface area contributed by atoms with Crippen LogP contribution in [0.15, 0.2) is 18.6 Å². The molecule has 0 aromatic carbocycles. The maximum atomic E-state index is 14.5. The van der Waals surface area contributed by atoms with Crippen LogP contribution in [0.2, 0.25) is 0 Å².